The normalized spacial score (nSPS) is 15.0. The molecular weight excluding hydrogens is 253 g/mol. The van der Waals surface area contributed by atoms with Gasteiger partial charge in [-0.15, -0.1) is 5.10 Å². The highest BCUT2D eigenvalue weighted by Crippen LogP contribution is 2.38. The first-order chi connectivity index (χ1) is 8.78. The van der Waals surface area contributed by atoms with Crippen LogP contribution in [0.15, 0.2) is 28.3 Å². The highest BCUT2D eigenvalue weighted by Gasteiger charge is 2.28. The molecule has 0 atom stereocenters. The molecule has 0 saturated heterocycles. The standard InChI is InChI=1S/C11H12FN5S/c12-9-5-7(6-13)1-4-10(9)18-11-14-15-16-17(11)8-2-3-8/h1,4-5,8H,2-3,6,13H2. The van der Waals surface area contributed by atoms with E-state index in [1.807, 2.05) is 6.07 Å². The summed E-state index contributed by atoms with van der Waals surface area (Å²) < 4.78 is 15.6. The zero-order valence-corrected chi connectivity index (χ0v) is 10.4. The molecule has 2 aromatic rings. The Kier molecular flexibility index (Phi) is 3.00. The van der Waals surface area contributed by atoms with Gasteiger partial charge in [-0.25, -0.2) is 9.07 Å². The first-order valence-corrected chi connectivity index (χ1v) is 6.54. The van der Waals surface area contributed by atoms with Crippen LogP contribution in [-0.4, -0.2) is 20.2 Å². The van der Waals surface area contributed by atoms with Crippen molar-refractivity contribution in [1.29, 1.82) is 0 Å². The molecule has 7 heteroatoms. The van der Waals surface area contributed by atoms with E-state index < -0.39 is 0 Å². The van der Waals surface area contributed by atoms with Gasteiger partial charge < -0.3 is 5.73 Å². The predicted octanol–water partition coefficient (Wildman–Crippen LogP) is 1.76. The van der Waals surface area contributed by atoms with Crippen LogP contribution in [0.3, 0.4) is 0 Å². The van der Waals surface area contributed by atoms with Gasteiger partial charge in [-0.1, -0.05) is 6.07 Å². The van der Waals surface area contributed by atoms with Crippen molar-refractivity contribution < 1.29 is 4.39 Å². The molecule has 0 unspecified atom stereocenters. The lowest BCUT2D eigenvalue weighted by Gasteiger charge is -2.04. The number of rotatable bonds is 4. The number of benzene rings is 1. The van der Waals surface area contributed by atoms with Gasteiger partial charge >= 0.3 is 0 Å². The number of tetrazole rings is 1. The Labute approximate surface area is 108 Å². The molecule has 0 aliphatic heterocycles. The Bertz CT molecular complexity index is 566. The number of aromatic nitrogens is 4. The SMILES string of the molecule is NCc1ccc(Sc2nnnn2C2CC2)c(F)c1. The molecule has 2 N–H and O–H groups in total. The van der Waals surface area contributed by atoms with Crippen molar-refractivity contribution in [2.75, 3.05) is 0 Å². The lowest BCUT2D eigenvalue weighted by molar-refractivity contribution is 0.563. The van der Waals surface area contributed by atoms with Gasteiger partial charge in [-0.05, 0) is 52.7 Å². The summed E-state index contributed by atoms with van der Waals surface area (Å²) in [5.41, 5.74) is 6.24. The van der Waals surface area contributed by atoms with E-state index in [0.29, 0.717) is 22.6 Å². The van der Waals surface area contributed by atoms with Crippen LogP contribution in [0, 0.1) is 5.82 Å². The summed E-state index contributed by atoms with van der Waals surface area (Å²) in [4.78, 5) is 0.518. The van der Waals surface area contributed by atoms with Crippen LogP contribution >= 0.6 is 11.8 Å². The second kappa shape index (κ2) is 4.66. The summed E-state index contributed by atoms with van der Waals surface area (Å²) in [6, 6.07) is 5.37. The van der Waals surface area contributed by atoms with Crippen molar-refractivity contribution in [1.82, 2.24) is 20.2 Å². The van der Waals surface area contributed by atoms with E-state index in [2.05, 4.69) is 15.5 Å². The first kappa shape index (κ1) is 11.6. The molecule has 94 valence electrons. The minimum Gasteiger partial charge on any atom is -0.326 e. The van der Waals surface area contributed by atoms with Gasteiger partial charge in [0.05, 0.1) is 10.9 Å². The average molecular weight is 265 g/mol. The van der Waals surface area contributed by atoms with Crippen LogP contribution in [0.1, 0.15) is 24.4 Å². The monoisotopic (exact) mass is 265 g/mol. The quantitative estimate of drug-likeness (QED) is 0.912. The van der Waals surface area contributed by atoms with Crippen LogP contribution in [0.5, 0.6) is 0 Å². The third kappa shape index (κ3) is 2.23. The van der Waals surface area contributed by atoms with Gasteiger partial charge in [-0.3, -0.25) is 0 Å². The Balaban J connectivity index is 1.85. The number of nitrogens with two attached hydrogens (primary N) is 1. The van der Waals surface area contributed by atoms with Crippen molar-refractivity contribution >= 4 is 11.8 Å². The average Bonchev–Trinajstić information content (AvgIpc) is 3.12. The molecule has 1 fully saturated rings. The fourth-order valence-corrected chi connectivity index (χ4v) is 2.50. The molecule has 1 aromatic heterocycles. The number of hydrogen-bond donors (Lipinski definition) is 1. The van der Waals surface area contributed by atoms with Crippen LogP contribution in [0.25, 0.3) is 0 Å². The molecular formula is C11H12FN5S. The largest absolute Gasteiger partial charge is 0.326 e. The van der Waals surface area contributed by atoms with E-state index in [1.165, 1.54) is 17.8 Å². The molecule has 0 bridgehead atoms. The summed E-state index contributed by atoms with van der Waals surface area (Å²) in [5.74, 6) is -0.284. The summed E-state index contributed by atoms with van der Waals surface area (Å²) in [7, 11) is 0. The van der Waals surface area contributed by atoms with Crippen molar-refractivity contribution in [3.63, 3.8) is 0 Å². The summed E-state index contributed by atoms with van der Waals surface area (Å²) >= 11 is 1.25. The molecule has 3 rings (SSSR count). The van der Waals surface area contributed by atoms with E-state index >= 15 is 0 Å². The summed E-state index contributed by atoms with van der Waals surface area (Å²) in [6.45, 7) is 0.335. The van der Waals surface area contributed by atoms with Crippen molar-refractivity contribution in [2.45, 2.75) is 35.5 Å². The van der Waals surface area contributed by atoms with Crippen LogP contribution in [0.2, 0.25) is 0 Å². The Hall–Kier alpha value is -1.47. The second-order valence-corrected chi connectivity index (χ2v) is 5.22. The van der Waals surface area contributed by atoms with Gasteiger partial charge in [0.2, 0.25) is 5.16 Å². The van der Waals surface area contributed by atoms with E-state index in [4.69, 9.17) is 5.73 Å². The third-order valence-corrected chi connectivity index (χ3v) is 3.79. The minimum absolute atomic E-state index is 0.284. The molecule has 5 nitrogen and oxygen atoms in total. The fraction of sp³-hybridized carbons (Fsp3) is 0.364. The highest BCUT2D eigenvalue weighted by molar-refractivity contribution is 7.99. The highest BCUT2D eigenvalue weighted by atomic mass is 32.2. The lowest BCUT2D eigenvalue weighted by atomic mass is 10.2. The van der Waals surface area contributed by atoms with Crippen LogP contribution in [0.4, 0.5) is 4.39 Å². The van der Waals surface area contributed by atoms with E-state index in [0.717, 1.165) is 18.4 Å². The second-order valence-electron chi connectivity index (χ2n) is 4.21. The topological polar surface area (TPSA) is 69.6 Å². The molecule has 1 heterocycles. The van der Waals surface area contributed by atoms with Crippen LogP contribution < -0.4 is 5.73 Å². The summed E-state index contributed by atoms with van der Waals surface area (Å²) in [6.07, 6.45) is 2.18. The van der Waals surface area contributed by atoms with E-state index in [9.17, 15) is 4.39 Å². The van der Waals surface area contributed by atoms with Gasteiger partial charge in [0.1, 0.15) is 5.82 Å². The van der Waals surface area contributed by atoms with Gasteiger partial charge in [0.15, 0.2) is 0 Å². The number of halogens is 1. The van der Waals surface area contributed by atoms with Crippen molar-refractivity contribution in [3.05, 3.63) is 29.6 Å². The number of nitrogens with zero attached hydrogens (tertiary/aromatic N) is 4. The van der Waals surface area contributed by atoms with E-state index in [-0.39, 0.29) is 5.82 Å². The molecule has 0 radical (unpaired) electrons. The maximum Gasteiger partial charge on any atom is 0.214 e. The maximum atomic E-state index is 13.8. The predicted molar refractivity (Wildman–Crippen MR) is 64.5 cm³/mol. The smallest absolute Gasteiger partial charge is 0.214 e. The Morgan fingerprint density at radius 2 is 2.28 bits per heavy atom. The van der Waals surface area contributed by atoms with Gasteiger partial charge in [0.25, 0.3) is 0 Å². The minimum atomic E-state index is -0.284. The van der Waals surface area contributed by atoms with E-state index in [1.54, 1.807) is 10.7 Å². The molecule has 0 spiro atoms. The van der Waals surface area contributed by atoms with Gasteiger partial charge in [0, 0.05) is 6.54 Å². The van der Waals surface area contributed by atoms with Gasteiger partial charge in [-0.2, -0.15) is 0 Å². The number of hydrogen-bond acceptors (Lipinski definition) is 5. The molecule has 18 heavy (non-hydrogen) atoms. The molecule has 1 aliphatic carbocycles. The molecule has 1 aromatic carbocycles. The van der Waals surface area contributed by atoms with Crippen LogP contribution in [-0.2, 0) is 6.54 Å². The Morgan fingerprint density at radius 3 is 2.94 bits per heavy atom. The van der Waals surface area contributed by atoms with Crippen molar-refractivity contribution in [2.24, 2.45) is 5.73 Å². The third-order valence-electron chi connectivity index (χ3n) is 2.79. The fourth-order valence-electron chi connectivity index (χ4n) is 1.65. The maximum absolute atomic E-state index is 13.8. The zero-order valence-electron chi connectivity index (χ0n) is 9.58. The summed E-state index contributed by atoms with van der Waals surface area (Å²) in [5, 5.41) is 12.1. The lowest BCUT2D eigenvalue weighted by Crippen LogP contribution is -2.00. The Morgan fingerprint density at radius 1 is 1.44 bits per heavy atom. The molecule has 0 amide bonds. The first-order valence-electron chi connectivity index (χ1n) is 5.72. The zero-order chi connectivity index (χ0) is 12.5. The molecule has 1 aliphatic rings. The molecule has 1 saturated carbocycles. The van der Waals surface area contributed by atoms with Crippen molar-refractivity contribution in [3.8, 4) is 0 Å².